The zero-order valence-corrected chi connectivity index (χ0v) is 32.1. The van der Waals surface area contributed by atoms with Crippen LogP contribution in [0.25, 0.3) is 0 Å². The number of aliphatic carboxylic acids is 1. The molecule has 0 aromatic carbocycles. The summed E-state index contributed by atoms with van der Waals surface area (Å²) in [5.74, 6) is -1.57. The van der Waals surface area contributed by atoms with Crippen LogP contribution in [0.1, 0.15) is 123 Å². The average Bonchev–Trinajstić information content (AvgIpc) is 3.06. The van der Waals surface area contributed by atoms with Crippen molar-refractivity contribution in [2.24, 2.45) is 0 Å². The Balaban J connectivity index is 4.51. The molecule has 0 aliphatic carbocycles. The van der Waals surface area contributed by atoms with Crippen LogP contribution in [-0.4, -0.2) is 80.6 Å². The Bertz CT molecular complexity index is 1050. The summed E-state index contributed by atoms with van der Waals surface area (Å²) in [5, 5.41) is 9.58. The molecule has 2 atom stereocenters. The zero-order valence-electron chi connectivity index (χ0n) is 32.1. The highest BCUT2D eigenvalue weighted by Crippen LogP contribution is 2.12. The summed E-state index contributed by atoms with van der Waals surface area (Å²) < 4.78 is 17.1. The van der Waals surface area contributed by atoms with Crippen LogP contribution in [0.3, 0.4) is 0 Å². The summed E-state index contributed by atoms with van der Waals surface area (Å²) in [6.07, 6.45) is 39.6. The van der Waals surface area contributed by atoms with Crippen molar-refractivity contribution in [1.82, 2.24) is 0 Å². The first-order chi connectivity index (χ1) is 24.1. The molecule has 0 saturated heterocycles. The fraction of sp³-hybridized carbons (Fsp3) is 0.643. The zero-order chi connectivity index (χ0) is 37.1. The molecule has 0 aliphatic heterocycles. The van der Waals surface area contributed by atoms with Gasteiger partial charge in [0.25, 0.3) is 0 Å². The van der Waals surface area contributed by atoms with Crippen molar-refractivity contribution in [3.63, 3.8) is 0 Å². The molecule has 50 heavy (non-hydrogen) atoms. The van der Waals surface area contributed by atoms with Gasteiger partial charge in [-0.3, -0.25) is 9.59 Å². The van der Waals surface area contributed by atoms with Crippen molar-refractivity contribution >= 4 is 17.9 Å². The third-order valence-corrected chi connectivity index (χ3v) is 7.91. The number of esters is 2. The highest BCUT2D eigenvalue weighted by molar-refractivity contribution is 5.72. The predicted molar refractivity (Wildman–Crippen MR) is 206 cm³/mol. The first-order valence-electron chi connectivity index (χ1n) is 19.0. The first-order valence-corrected chi connectivity index (χ1v) is 19.0. The van der Waals surface area contributed by atoms with Gasteiger partial charge < -0.3 is 23.8 Å². The molecular formula is C42H70NO7+. The molecule has 0 aromatic rings. The van der Waals surface area contributed by atoms with Gasteiger partial charge in [0.15, 0.2) is 12.1 Å². The van der Waals surface area contributed by atoms with Gasteiger partial charge in [-0.1, -0.05) is 119 Å². The molecule has 0 aromatic heterocycles. The van der Waals surface area contributed by atoms with Crippen LogP contribution in [0.5, 0.6) is 0 Å². The van der Waals surface area contributed by atoms with E-state index in [4.69, 9.17) is 14.2 Å². The number of carboxylic acids is 1. The van der Waals surface area contributed by atoms with E-state index in [1.165, 1.54) is 19.3 Å². The minimum absolute atomic E-state index is 0.0361. The molecule has 8 nitrogen and oxygen atoms in total. The van der Waals surface area contributed by atoms with E-state index in [9.17, 15) is 19.5 Å². The molecule has 0 heterocycles. The number of likely N-dealkylation sites (N-methyl/N-ethyl adjacent to an activating group) is 1. The van der Waals surface area contributed by atoms with Crippen LogP contribution in [0.15, 0.2) is 72.9 Å². The maximum atomic E-state index is 12.6. The maximum Gasteiger partial charge on any atom is 0.362 e. The number of allylic oxidation sites excluding steroid dienone is 12. The van der Waals surface area contributed by atoms with Gasteiger partial charge in [-0.05, 0) is 57.8 Å². The van der Waals surface area contributed by atoms with Gasteiger partial charge in [0.05, 0.1) is 34.4 Å². The van der Waals surface area contributed by atoms with Crippen LogP contribution in [0.2, 0.25) is 0 Å². The number of hydrogen-bond donors (Lipinski definition) is 1. The van der Waals surface area contributed by atoms with E-state index in [0.29, 0.717) is 19.3 Å². The van der Waals surface area contributed by atoms with E-state index in [-0.39, 0.29) is 42.7 Å². The normalized spacial score (nSPS) is 13.9. The van der Waals surface area contributed by atoms with Gasteiger partial charge in [-0.2, -0.15) is 0 Å². The van der Waals surface area contributed by atoms with Crippen LogP contribution in [0.4, 0.5) is 0 Å². The minimum atomic E-state index is -0.888. The summed E-state index contributed by atoms with van der Waals surface area (Å²) in [6.45, 7) is 4.38. The Morgan fingerprint density at radius 3 is 1.82 bits per heavy atom. The van der Waals surface area contributed by atoms with Crippen LogP contribution in [0, 0.1) is 0 Å². The third kappa shape index (κ3) is 30.8. The van der Waals surface area contributed by atoms with Gasteiger partial charge >= 0.3 is 17.9 Å². The Labute approximate surface area is 304 Å². The largest absolute Gasteiger partial charge is 0.477 e. The van der Waals surface area contributed by atoms with Crippen LogP contribution in [-0.2, 0) is 28.6 Å². The standard InChI is InChI=1S/C42H69NO7/c1-6-8-10-12-14-16-18-19-20-21-23-25-27-29-31-33-41(45)50-38(36-48-35-34-39(42(46)47)43(3,4)5)37-49-40(44)32-30-28-26-24-22-17-15-13-11-9-7-2/h8-12,14-18,24,26,38-39H,6-7,13,19-23,25,27-37H2,1-5H3/p+1/b10-8+,11-9+,14-12+,17-15+,18-16+,26-24+. The van der Waals surface area contributed by atoms with E-state index in [0.717, 1.165) is 64.2 Å². The number of carbonyl (C=O) groups is 3. The summed E-state index contributed by atoms with van der Waals surface area (Å²) in [5.41, 5.74) is 0. The van der Waals surface area contributed by atoms with Crippen molar-refractivity contribution in [2.45, 2.75) is 135 Å². The quantitative estimate of drug-likeness (QED) is 0.0245. The lowest BCUT2D eigenvalue weighted by atomic mass is 10.1. The molecule has 0 bridgehead atoms. The smallest absolute Gasteiger partial charge is 0.362 e. The topological polar surface area (TPSA) is 99.1 Å². The molecule has 8 heteroatoms. The Morgan fingerprint density at radius 1 is 0.620 bits per heavy atom. The molecule has 0 amide bonds. The lowest BCUT2D eigenvalue weighted by molar-refractivity contribution is -0.887. The number of quaternary nitrogens is 1. The van der Waals surface area contributed by atoms with Crippen LogP contribution < -0.4 is 0 Å². The monoisotopic (exact) mass is 701 g/mol. The van der Waals surface area contributed by atoms with E-state index in [2.05, 4.69) is 86.8 Å². The number of ether oxygens (including phenoxy) is 3. The molecule has 0 aliphatic rings. The molecule has 284 valence electrons. The number of carbonyl (C=O) groups excluding carboxylic acids is 2. The fourth-order valence-electron chi connectivity index (χ4n) is 4.99. The highest BCUT2D eigenvalue weighted by atomic mass is 16.6. The number of rotatable bonds is 32. The van der Waals surface area contributed by atoms with Gasteiger partial charge in [0.2, 0.25) is 0 Å². The second-order valence-electron chi connectivity index (χ2n) is 13.5. The first kappa shape index (κ1) is 46.8. The number of nitrogens with zero attached hydrogens (tertiary/aromatic N) is 1. The van der Waals surface area contributed by atoms with Crippen molar-refractivity contribution in [3.05, 3.63) is 72.9 Å². The van der Waals surface area contributed by atoms with Crippen molar-refractivity contribution in [1.29, 1.82) is 0 Å². The van der Waals surface area contributed by atoms with E-state index in [1.54, 1.807) is 0 Å². The summed E-state index contributed by atoms with van der Waals surface area (Å²) in [4.78, 5) is 36.7. The summed E-state index contributed by atoms with van der Waals surface area (Å²) in [7, 11) is 5.49. The molecule has 0 radical (unpaired) electrons. The minimum Gasteiger partial charge on any atom is -0.477 e. The Morgan fingerprint density at radius 2 is 1.18 bits per heavy atom. The van der Waals surface area contributed by atoms with Gasteiger partial charge in [-0.15, -0.1) is 0 Å². The lowest BCUT2D eigenvalue weighted by Crippen LogP contribution is -2.50. The molecule has 0 saturated carbocycles. The van der Waals surface area contributed by atoms with Crippen LogP contribution >= 0.6 is 0 Å². The summed E-state index contributed by atoms with van der Waals surface area (Å²) in [6, 6.07) is -0.626. The van der Waals surface area contributed by atoms with Crippen molar-refractivity contribution in [3.8, 4) is 0 Å². The maximum absolute atomic E-state index is 12.6. The molecule has 0 fully saturated rings. The van der Waals surface area contributed by atoms with Crippen molar-refractivity contribution in [2.75, 3.05) is 41.0 Å². The average molecular weight is 701 g/mol. The third-order valence-electron chi connectivity index (χ3n) is 7.91. The number of carboxylic acid groups (broad SMARTS) is 1. The number of hydrogen-bond acceptors (Lipinski definition) is 6. The SMILES string of the molecule is CC/C=C/C=C/C=C/CCCCCCCCCC(=O)OC(COCCC(C(=O)O)[N+](C)(C)C)COC(=O)CCC/C=C/C/C=C/C/C=C/CC. The number of unbranched alkanes of at least 4 members (excludes halogenated alkanes) is 8. The van der Waals surface area contributed by atoms with E-state index >= 15 is 0 Å². The second-order valence-corrected chi connectivity index (χ2v) is 13.5. The fourth-order valence-corrected chi connectivity index (χ4v) is 4.99. The second kappa shape index (κ2) is 32.9. The predicted octanol–water partition coefficient (Wildman–Crippen LogP) is 9.63. The van der Waals surface area contributed by atoms with Crippen molar-refractivity contribution < 1.29 is 38.2 Å². The molecule has 0 spiro atoms. The van der Waals surface area contributed by atoms with E-state index in [1.807, 2.05) is 21.1 Å². The van der Waals surface area contributed by atoms with Gasteiger partial charge in [-0.25, -0.2) is 4.79 Å². The molecule has 0 rings (SSSR count). The van der Waals surface area contributed by atoms with Gasteiger partial charge in [0, 0.05) is 19.3 Å². The Hall–Kier alpha value is -3.23. The molecular weight excluding hydrogens is 630 g/mol. The highest BCUT2D eigenvalue weighted by Gasteiger charge is 2.31. The summed E-state index contributed by atoms with van der Waals surface area (Å²) >= 11 is 0. The Kier molecular flexibility index (Phi) is 30.8. The molecule has 1 N–H and O–H groups in total. The van der Waals surface area contributed by atoms with E-state index < -0.39 is 18.1 Å². The van der Waals surface area contributed by atoms with Gasteiger partial charge in [0.1, 0.15) is 6.61 Å². The molecule has 2 unspecified atom stereocenters. The lowest BCUT2D eigenvalue weighted by Gasteiger charge is -2.31.